The summed E-state index contributed by atoms with van der Waals surface area (Å²) >= 11 is 0. The Morgan fingerprint density at radius 2 is 2.05 bits per heavy atom. The van der Waals surface area contributed by atoms with Crippen molar-refractivity contribution in [1.82, 2.24) is 0 Å². The van der Waals surface area contributed by atoms with E-state index in [0.717, 1.165) is 12.8 Å². The van der Waals surface area contributed by atoms with Gasteiger partial charge in [-0.1, -0.05) is 13.3 Å². The molecule has 1 aromatic rings. The van der Waals surface area contributed by atoms with Crippen LogP contribution in [-0.2, 0) is 9.53 Å². The molecule has 21 heavy (non-hydrogen) atoms. The number of carbonyl (C=O) groups excluding carboxylic acids is 2. The average Bonchev–Trinajstić information content (AvgIpc) is 2.46. The van der Waals surface area contributed by atoms with Gasteiger partial charge >= 0.3 is 0 Å². The lowest BCUT2D eigenvalue weighted by Gasteiger charge is -2.15. The third kappa shape index (κ3) is 5.19. The quantitative estimate of drug-likeness (QED) is 0.591. The predicted molar refractivity (Wildman–Crippen MR) is 82.0 cm³/mol. The number of anilines is 1. The third-order valence-corrected chi connectivity index (χ3v) is 3.04. The second-order valence-electron chi connectivity index (χ2n) is 4.82. The zero-order valence-electron chi connectivity index (χ0n) is 13.1. The van der Waals surface area contributed by atoms with Gasteiger partial charge in [-0.25, -0.2) is 0 Å². The van der Waals surface area contributed by atoms with E-state index in [0.29, 0.717) is 23.6 Å². The number of nitrogens with one attached hydrogen (secondary N) is 1. The average molecular weight is 293 g/mol. The van der Waals surface area contributed by atoms with Gasteiger partial charge in [0.25, 0.3) is 0 Å². The van der Waals surface area contributed by atoms with Gasteiger partial charge in [-0.3, -0.25) is 9.59 Å². The molecular weight excluding hydrogens is 270 g/mol. The Labute approximate surface area is 125 Å². The smallest absolute Gasteiger partial charge is 0.221 e. The van der Waals surface area contributed by atoms with Crippen molar-refractivity contribution in [3.63, 3.8) is 0 Å². The fraction of sp³-hybridized carbons (Fsp3) is 0.500. The summed E-state index contributed by atoms with van der Waals surface area (Å²) in [6.45, 7) is 5.73. The summed E-state index contributed by atoms with van der Waals surface area (Å²) in [5.74, 6) is 0.163. The Bertz CT molecular complexity index is 499. The van der Waals surface area contributed by atoms with E-state index < -0.39 is 6.10 Å². The number of Topliss-reactive ketones (excluding diaryl/α,β-unsaturated/α-hetero) is 1. The van der Waals surface area contributed by atoms with Crippen LogP contribution in [0.4, 0.5) is 5.69 Å². The van der Waals surface area contributed by atoms with Crippen LogP contribution in [-0.4, -0.2) is 31.5 Å². The number of ketones is 1. The van der Waals surface area contributed by atoms with E-state index in [1.807, 2.05) is 0 Å². The van der Waals surface area contributed by atoms with Crippen LogP contribution < -0.4 is 10.1 Å². The molecule has 0 aliphatic rings. The Morgan fingerprint density at radius 1 is 1.33 bits per heavy atom. The summed E-state index contributed by atoms with van der Waals surface area (Å²) in [5.41, 5.74) is 0.868. The van der Waals surface area contributed by atoms with E-state index in [9.17, 15) is 9.59 Å². The minimum absolute atomic E-state index is 0.172. The molecule has 0 aliphatic heterocycles. The minimum atomic E-state index is -0.559. The predicted octanol–water partition coefficient (Wildman–Crippen LogP) is 3.04. The molecule has 0 heterocycles. The summed E-state index contributed by atoms with van der Waals surface area (Å²) in [6, 6.07) is 4.98. The van der Waals surface area contributed by atoms with Crippen molar-refractivity contribution in [1.29, 1.82) is 0 Å². The van der Waals surface area contributed by atoms with Gasteiger partial charge in [0.1, 0.15) is 11.9 Å². The van der Waals surface area contributed by atoms with E-state index >= 15 is 0 Å². The molecule has 116 valence electrons. The largest absolute Gasteiger partial charge is 0.497 e. The Hall–Kier alpha value is -1.88. The van der Waals surface area contributed by atoms with Crippen molar-refractivity contribution < 1.29 is 19.1 Å². The van der Waals surface area contributed by atoms with Gasteiger partial charge < -0.3 is 14.8 Å². The number of methoxy groups -OCH3 is 1. The van der Waals surface area contributed by atoms with Gasteiger partial charge in [0.15, 0.2) is 5.78 Å². The Morgan fingerprint density at radius 3 is 2.62 bits per heavy atom. The fourth-order valence-electron chi connectivity index (χ4n) is 1.85. The van der Waals surface area contributed by atoms with Crippen LogP contribution in [0, 0.1) is 0 Å². The summed E-state index contributed by atoms with van der Waals surface area (Å²) in [7, 11) is 1.53. The Balaban J connectivity index is 2.95. The van der Waals surface area contributed by atoms with Crippen LogP contribution in [0.1, 0.15) is 44.0 Å². The molecule has 5 nitrogen and oxygen atoms in total. The number of carbonyl (C=O) groups is 2. The van der Waals surface area contributed by atoms with E-state index in [4.69, 9.17) is 9.47 Å². The zero-order chi connectivity index (χ0) is 15.8. The Kier molecular flexibility index (Phi) is 6.88. The molecule has 0 bridgehead atoms. The molecule has 0 saturated heterocycles. The summed E-state index contributed by atoms with van der Waals surface area (Å²) in [6.07, 6.45) is 1.36. The molecule has 1 N–H and O–H groups in total. The molecular formula is C16H23NO4. The van der Waals surface area contributed by atoms with E-state index in [-0.39, 0.29) is 11.7 Å². The maximum absolute atomic E-state index is 12.5. The second kappa shape index (κ2) is 8.42. The summed E-state index contributed by atoms with van der Waals surface area (Å²) in [5, 5.41) is 2.66. The SMILES string of the molecule is CCCCO[C@@H](C)C(=O)c1cc(OC)ccc1NC(C)=O. The number of hydrogen-bond acceptors (Lipinski definition) is 4. The van der Waals surface area contributed by atoms with Crippen molar-refractivity contribution in [3.05, 3.63) is 23.8 Å². The highest BCUT2D eigenvalue weighted by Crippen LogP contribution is 2.24. The molecule has 0 spiro atoms. The third-order valence-electron chi connectivity index (χ3n) is 3.04. The highest BCUT2D eigenvalue weighted by Gasteiger charge is 2.20. The highest BCUT2D eigenvalue weighted by atomic mass is 16.5. The molecule has 0 fully saturated rings. The second-order valence-corrected chi connectivity index (χ2v) is 4.82. The molecule has 0 aliphatic carbocycles. The van der Waals surface area contributed by atoms with Crippen molar-refractivity contribution >= 4 is 17.4 Å². The lowest BCUT2D eigenvalue weighted by Crippen LogP contribution is -2.23. The van der Waals surface area contributed by atoms with Crippen LogP contribution in [0.25, 0.3) is 0 Å². The maximum Gasteiger partial charge on any atom is 0.221 e. The summed E-state index contributed by atoms with van der Waals surface area (Å²) in [4.78, 5) is 23.7. The van der Waals surface area contributed by atoms with E-state index in [1.165, 1.54) is 14.0 Å². The molecule has 0 radical (unpaired) electrons. The molecule has 0 saturated carbocycles. The normalized spacial score (nSPS) is 11.8. The number of rotatable bonds is 8. The van der Waals surface area contributed by atoms with Crippen LogP contribution >= 0.6 is 0 Å². The first-order valence-corrected chi connectivity index (χ1v) is 7.11. The number of ether oxygens (including phenoxy) is 2. The first kappa shape index (κ1) is 17.2. The highest BCUT2D eigenvalue weighted by molar-refractivity contribution is 6.06. The molecule has 5 heteroatoms. The molecule has 1 atom stereocenters. The molecule has 0 aromatic heterocycles. The van der Waals surface area contributed by atoms with Gasteiger partial charge in [0.2, 0.25) is 5.91 Å². The zero-order valence-corrected chi connectivity index (χ0v) is 13.1. The first-order valence-electron chi connectivity index (χ1n) is 7.11. The minimum Gasteiger partial charge on any atom is -0.497 e. The van der Waals surface area contributed by atoms with Crippen LogP contribution in [0.3, 0.4) is 0 Å². The molecule has 1 aromatic carbocycles. The molecule has 1 amide bonds. The van der Waals surface area contributed by atoms with Crippen LogP contribution in [0.2, 0.25) is 0 Å². The van der Waals surface area contributed by atoms with Gasteiger partial charge in [0, 0.05) is 19.1 Å². The number of unbranched alkanes of at least 4 members (excludes halogenated alkanes) is 1. The fourth-order valence-corrected chi connectivity index (χ4v) is 1.85. The monoisotopic (exact) mass is 293 g/mol. The van der Waals surface area contributed by atoms with Crippen molar-refractivity contribution in [2.24, 2.45) is 0 Å². The lowest BCUT2D eigenvalue weighted by molar-refractivity contribution is -0.114. The van der Waals surface area contributed by atoms with Gasteiger partial charge in [-0.15, -0.1) is 0 Å². The first-order chi connectivity index (χ1) is 9.99. The molecule has 0 unspecified atom stereocenters. The van der Waals surface area contributed by atoms with E-state index in [1.54, 1.807) is 25.1 Å². The standard InChI is InChI=1S/C16H23NO4/c1-5-6-9-21-11(2)16(19)14-10-13(20-4)7-8-15(14)17-12(3)18/h7-8,10-11H,5-6,9H2,1-4H3,(H,17,18)/t11-/m0/s1. The van der Waals surface area contributed by atoms with Crippen LogP contribution in [0.5, 0.6) is 5.75 Å². The van der Waals surface area contributed by atoms with Gasteiger partial charge in [-0.05, 0) is 31.5 Å². The lowest BCUT2D eigenvalue weighted by atomic mass is 10.0. The van der Waals surface area contributed by atoms with Gasteiger partial charge in [-0.2, -0.15) is 0 Å². The number of amides is 1. The van der Waals surface area contributed by atoms with Gasteiger partial charge in [0.05, 0.1) is 12.8 Å². The van der Waals surface area contributed by atoms with Crippen molar-refractivity contribution in [2.45, 2.75) is 39.7 Å². The topological polar surface area (TPSA) is 64.6 Å². The van der Waals surface area contributed by atoms with Crippen LogP contribution in [0.15, 0.2) is 18.2 Å². The number of benzene rings is 1. The summed E-state index contributed by atoms with van der Waals surface area (Å²) < 4.78 is 10.7. The molecule has 1 rings (SSSR count). The van der Waals surface area contributed by atoms with E-state index in [2.05, 4.69) is 12.2 Å². The van der Waals surface area contributed by atoms with Crippen molar-refractivity contribution in [2.75, 3.05) is 19.0 Å². The van der Waals surface area contributed by atoms with Crippen molar-refractivity contribution in [3.8, 4) is 5.75 Å². The maximum atomic E-state index is 12.5. The number of hydrogen-bond donors (Lipinski definition) is 1.